The number of imidazole rings is 1. The lowest BCUT2D eigenvalue weighted by molar-refractivity contribution is -0.385. The van der Waals surface area contributed by atoms with Gasteiger partial charge >= 0.3 is 17.6 Å². The van der Waals surface area contributed by atoms with Gasteiger partial charge < -0.3 is 69.0 Å². The van der Waals surface area contributed by atoms with Gasteiger partial charge in [0.15, 0.2) is 11.7 Å². The van der Waals surface area contributed by atoms with Gasteiger partial charge in [-0.05, 0) is 49.1 Å². The fourth-order valence-corrected chi connectivity index (χ4v) is 7.19. The number of aromatic hydroxyl groups is 1. The number of amides is 6. The molecule has 6 amide bonds. The number of nitrogens with one attached hydrogen (secondary N) is 6. The second-order valence-corrected chi connectivity index (χ2v) is 16.5. The number of H-pyrrole nitrogens is 1. The second kappa shape index (κ2) is 25.4. The number of hydrogen-bond acceptors (Lipinski definition) is 14. The number of aliphatic carboxylic acids is 2. The lowest BCUT2D eigenvalue weighted by Gasteiger charge is -2.31. The number of nitrogens with two attached hydrogens (primary N) is 3. The zero-order valence-corrected chi connectivity index (χ0v) is 37.6. The number of nitro benzene ring substituents is 1. The van der Waals surface area contributed by atoms with Crippen LogP contribution in [0.15, 0.2) is 35.7 Å². The largest absolute Gasteiger partial charge is 0.502 e. The SMILES string of the molecule is CC[C@H](C)[C@H](NC(=O)[C@H](Cc1ccc(O)c([N+](=O)[O-])c1)NC(=O)[C@@H](NC(=O)[C@H](CCCN=C(N)N)NC(=O)[C@@H](N)CC(=O)O)C(C)C)C(=O)N[C@@H](Cc1cnc[nH]1)C(=O)N1CCC[C@H]1C(=O)O. The van der Waals surface area contributed by atoms with Gasteiger partial charge in [0, 0.05) is 43.9 Å². The molecule has 368 valence electrons. The Bertz CT molecular complexity index is 2130. The monoisotopic (exact) mass is 943 g/mol. The van der Waals surface area contributed by atoms with Gasteiger partial charge in [0.1, 0.15) is 36.3 Å². The Morgan fingerprint density at radius 1 is 0.910 bits per heavy atom. The normalized spacial score (nSPS) is 16.5. The Balaban J connectivity index is 1.98. The number of nitrogens with zero attached hydrogens (tertiary/aromatic N) is 4. The van der Waals surface area contributed by atoms with Crippen molar-refractivity contribution >= 4 is 59.0 Å². The number of rotatable bonds is 26. The van der Waals surface area contributed by atoms with Crippen LogP contribution < -0.4 is 43.8 Å². The highest BCUT2D eigenvalue weighted by Gasteiger charge is 2.40. The number of phenolic OH excluding ortho intramolecular Hbond substituents is 1. The molecular formula is C41H61N13O13. The number of hydrogen-bond donors (Lipinski definition) is 12. The second-order valence-electron chi connectivity index (χ2n) is 16.5. The van der Waals surface area contributed by atoms with Gasteiger partial charge in [-0.15, -0.1) is 0 Å². The molecule has 26 heteroatoms. The fraction of sp³-hybridized carbons (Fsp3) is 0.561. The number of carboxylic acid groups (broad SMARTS) is 2. The topological polar surface area (TPSA) is 423 Å². The number of benzene rings is 1. The molecule has 15 N–H and O–H groups in total. The Kier molecular flexibility index (Phi) is 20.4. The number of carbonyl (C=O) groups is 8. The van der Waals surface area contributed by atoms with E-state index in [4.69, 9.17) is 22.3 Å². The van der Waals surface area contributed by atoms with Crippen LogP contribution in [0, 0.1) is 22.0 Å². The van der Waals surface area contributed by atoms with E-state index in [0.717, 1.165) is 12.1 Å². The molecule has 26 nitrogen and oxygen atoms in total. The summed E-state index contributed by atoms with van der Waals surface area (Å²) in [4.78, 5) is 129. The van der Waals surface area contributed by atoms with Gasteiger partial charge in [-0.2, -0.15) is 0 Å². The lowest BCUT2D eigenvalue weighted by atomic mass is 9.96. The molecule has 1 aromatic heterocycles. The van der Waals surface area contributed by atoms with Crippen LogP contribution in [0.2, 0.25) is 0 Å². The van der Waals surface area contributed by atoms with Gasteiger partial charge in [-0.3, -0.25) is 48.7 Å². The Morgan fingerprint density at radius 3 is 2.12 bits per heavy atom. The molecule has 1 saturated heterocycles. The van der Waals surface area contributed by atoms with Crippen molar-refractivity contribution in [3.05, 3.63) is 52.1 Å². The van der Waals surface area contributed by atoms with Crippen LogP contribution in [0.5, 0.6) is 5.75 Å². The number of aromatic amines is 1. The molecule has 3 rings (SSSR count). The van der Waals surface area contributed by atoms with Gasteiger partial charge in [0.25, 0.3) is 0 Å². The van der Waals surface area contributed by atoms with Crippen molar-refractivity contribution in [2.45, 2.75) is 121 Å². The Hall–Kier alpha value is -7.38. The van der Waals surface area contributed by atoms with Crippen molar-refractivity contribution in [2.24, 2.45) is 34.0 Å². The van der Waals surface area contributed by atoms with Crippen molar-refractivity contribution in [3.8, 4) is 5.75 Å². The molecule has 0 spiro atoms. The van der Waals surface area contributed by atoms with E-state index in [2.05, 4.69) is 41.5 Å². The minimum Gasteiger partial charge on any atom is -0.502 e. The molecule has 2 heterocycles. The summed E-state index contributed by atoms with van der Waals surface area (Å²) in [5.41, 5.74) is 16.3. The average molecular weight is 944 g/mol. The van der Waals surface area contributed by atoms with E-state index in [1.165, 1.54) is 23.5 Å². The highest BCUT2D eigenvalue weighted by atomic mass is 16.6. The van der Waals surface area contributed by atoms with Gasteiger partial charge in [-0.25, -0.2) is 9.78 Å². The Morgan fingerprint density at radius 2 is 1.54 bits per heavy atom. The predicted octanol–water partition coefficient (Wildman–Crippen LogP) is -2.13. The number of likely N-dealkylation sites (tertiary alicyclic amines) is 1. The molecule has 1 aliphatic heterocycles. The highest BCUT2D eigenvalue weighted by Crippen LogP contribution is 2.27. The molecule has 1 aliphatic rings. The first-order chi connectivity index (χ1) is 31.5. The molecule has 0 radical (unpaired) electrons. The fourth-order valence-electron chi connectivity index (χ4n) is 7.19. The number of carbonyl (C=O) groups excluding carboxylic acids is 6. The summed E-state index contributed by atoms with van der Waals surface area (Å²) >= 11 is 0. The molecule has 0 saturated carbocycles. The molecule has 2 aromatic rings. The van der Waals surface area contributed by atoms with E-state index in [0.29, 0.717) is 18.5 Å². The molecule has 67 heavy (non-hydrogen) atoms. The first-order valence-electron chi connectivity index (χ1n) is 21.6. The first kappa shape index (κ1) is 54.0. The number of aromatic nitrogens is 2. The molecule has 0 aliphatic carbocycles. The summed E-state index contributed by atoms with van der Waals surface area (Å²) in [6.45, 7) is 6.64. The van der Waals surface area contributed by atoms with Crippen LogP contribution in [0.4, 0.5) is 5.69 Å². The number of nitro groups is 1. The van der Waals surface area contributed by atoms with E-state index in [1.54, 1.807) is 27.7 Å². The summed E-state index contributed by atoms with van der Waals surface area (Å²) in [6, 6.07) is -6.51. The third-order valence-corrected chi connectivity index (χ3v) is 11.1. The van der Waals surface area contributed by atoms with Gasteiger partial charge in [-0.1, -0.05) is 40.2 Å². The summed E-state index contributed by atoms with van der Waals surface area (Å²) in [6.07, 6.45) is 2.41. The van der Waals surface area contributed by atoms with Crippen molar-refractivity contribution < 1.29 is 58.6 Å². The van der Waals surface area contributed by atoms with Crippen LogP contribution in [0.3, 0.4) is 0 Å². The number of guanidine groups is 1. The zero-order valence-electron chi connectivity index (χ0n) is 37.6. The smallest absolute Gasteiger partial charge is 0.326 e. The Labute approximate surface area is 384 Å². The molecule has 1 aromatic carbocycles. The van der Waals surface area contributed by atoms with Crippen LogP contribution in [0.1, 0.15) is 77.5 Å². The average Bonchev–Trinajstić information content (AvgIpc) is 3.98. The van der Waals surface area contributed by atoms with Gasteiger partial charge in [0.2, 0.25) is 35.4 Å². The molecule has 0 unspecified atom stereocenters. The van der Waals surface area contributed by atoms with Crippen molar-refractivity contribution in [1.82, 2.24) is 41.5 Å². The molecule has 0 bridgehead atoms. The van der Waals surface area contributed by atoms with Crippen molar-refractivity contribution in [1.29, 1.82) is 0 Å². The van der Waals surface area contributed by atoms with E-state index >= 15 is 0 Å². The van der Waals surface area contributed by atoms with Crippen molar-refractivity contribution in [2.75, 3.05) is 13.1 Å². The first-order valence-corrected chi connectivity index (χ1v) is 21.6. The molecular weight excluding hydrogens is 883 g/mol. The standard InChI is InChI=1S/C41H61N13O13/c1-5-21(4)33(38(62)50-27(16-23-18-45-19-47-23)39(63)53-13-7-9-28(53)40(64)65)52-36(60)26(14-22-10-11-30(55)29(15-22)54(66)67)49-37(61)32(20(2)3)51-35(59)25(8-6-12-46-41(43)44)48-34(58)24(42)17-31(56)57/h10-11,15,18-21,24-28,32-33,55H,5-9,12-14,16-17,42H2,1-4H3,(H,45,47)(H,48,58)(H,49,61)(H,50,62)(H,51,59)(H,52,60)(H,56,57)(H,64,65)(H4,43,44,46)/t21-,24-,25-,26-,27-,28-,32-,33-/m0/s1. The quantitative estimate of drug-likeness (QED) is 0.0157. The number of aliphatic imine (C=N–C) groups is 1. The minimum absolute atomic E-state index is 0.0317. The predicted molar refractivity (Wildman–Crippen MR) is 237 cm³/mol. The van der Waals surface area contributed by atoms with Crippen LogP contribution in [-0.2, 0) is 51.2 Å². The highest BCUT2D eigenvalue weighted by molar-refractivity contribution is 5.97. The third kappa shape index (κ3) is 16.2. The van der Waals surface area contributed by atoms with Crippen molar-refractivity contribution in [3.63, 3.8) is 0 Å². The lowest BCUT2D eigenvalue weighted by Crippen LogP contribution is -2.62. The third-order valence-electron chi connectivity index (χ3n) is 11.1. The van der Waals surface area contributed by atoms with Crippen LogP contribution >= 0.6 is 0 Å². The summed E-state index contributed by atoms with van der Waals surface area (Å²) in [7, 11) is 0. The maximum atomic E-state index is 14.4. The number of carboxylic acids is 2. The number of phenols is 1. The van der Waals surface area contributed by atoms with Crippen LogP contribution in [0.25, 0.3) is 0 Å². The maximum Gasteiger partial charge on any atom is 0.326 e. The zero-order chi connectivity index (χ0) is 50.1. The summed E-state index contributed by atoms with van der Waals surface area (Å²) < 4.78 is 0. The van der Waals surface area contributed by atoms with Crippen LogP contribution in [-0.4, -0.2) is 144 Å². The summed E-state index contributed by atoms with van der Waals surface area (Å²) in [5.74, 6) is -10.1. The van der Waals surface area contributed by atoms with E-state index in [9.17, 15) is 58.7 Å². The van der Waals surface area contributed by atoms with E-state index in [-0.39, 0.29) is 50.3 Å². The summed E-state index contributed by atoms with van der Waals surface area (Å²) in [5, 5.41) is 53.6. The van der Waals surface area contributed by atoms with Gasteiger partial charge in [0.05, 0.1) is 23.7 Å². The molecule has 1 fully saturated rings. The van der Waals surface area contributed by atoms with E-state index in [1.807, 2.05) is 0 Å². The molecule has 8 atom stereocenters. The minimum atomic E-state index is -1.62. The maximum absolute atomic E-state index is 14.4. The van der Waals surface area contributed by atoms with E-state index < -0.39 is 131 Å².